The fraction of sp³-hybridized carbons (Fsp3) is 0.941. The number of carbonyl (C=O) groups is 1. The summed E-state index contributed by atoms with van der Waals surface area (Å²) < 4.78 is 0. The second kappa shape index (κ2) is 6.46. The number of nitrogens with zero attached hydrogens (tertiary/aromatic N) is 1. The van der Waals surface area contributed by atoms with Crippen LogP contribution in [0.3, 0.4) is 0 Å². The molecule has 1 saturated heterocycles. The van der Waals surface area contributed by atoms with Gasteiger partial charge in [-0.1, -0.05) is 33.6 Å². The molecule has 1 heterocycles. The van der Waals surface area contributed by atoms with Crippen molar-refractivity contribution in [2.24, 2.45) is 23.0 Å². The van der Waals surface area contributed by atoms with Gasteiger partial charge in [-0.3, -0.25) is 4.79 Å². The molecular formula is C17H32N2O. The predicted octanol–water partition coefficient (Wildman–Crippen LogP) is 3.18. The van der Waals surface area contributed by atoms with E-state index in [0.29, 0.717) is 18.5 Å². The lowest BCUT2D eigenvalue weighted by Gasteiger charge is -2.34. The van der Waals surface area contributed by atoms with Crippen LogP contribution >= 0.6 is 0 Å². The van der Waals surface area contributed by atoms with E-state index in [1.165, 1.54) is 38.5 Å². The van der Waals surface area contributed by atoms with Crippen LogP contribution in [0.1, 0.15) is 65.7 Å². The Kier molecular flexibility index (Phi) is 5.11. The normalized spacial score (nSPS) is 26.2. The number of hydrogen-bond donors (Lipinski definition) is 1. The van der Waals surface area contributed by atoms with Crippen LogP contribution in [-0.2, 0) is 4.79 Å². The highest BCUT2D eigenvalue weighted by atomic mass is 16.2. The molecule has 1 aliphatic heterocycles. The molecule has 116 valence electrons. The highest BCUT2D eigenvalue weighted by Crippen LogP contribution is 2.36. The minimum absolute atomic E-state index is 0.0111. The molecule has 2 fully saturated rings. The van der Waals surface area contributed by atoms with E-state index in [4.69, 9.17) is 5.73 Å². The first-order valence-electron chi connectivity index (χ1n) is 8.43. The first-order valence-corrected chi connectivity index (χ1v) is 8.43. The third kappa shape index (κ3) is 3.75. The maximum Gasteiger partial charge on any atom is 0.227 e. The van der Waals surface area contributed by atoms with Gasteiger partial charge in [0.25, 0.3) is 0 Å². The van der Waals surface area contributed by atoms with E-state index in [2.05, 4.69) is 25.7 Å². The number of nitrogens with two attached hydrogens (primary N) is 1. The van der Waals surface area contributed by atoms with Crippen LogP contribution in [0, 0.1) is 17.3 Å². The number of amides is 1. The first kappa shape index (κ1) is 15.8. The fourth-order valence-corrected chi connectivity index (χ4v) is 4.14. The van der Waals surface area contributed by atoms with Crippen LogP contribution in [0.2, 0.25) is 0 Å². The summed E-state index contributed by atoms with van der Waals surface area (Å²) in [6.45, 7) is 8.04. The average molecular weight is 280 g/mol. The maximum absolute atomic E-state index is 12.9. The lowest BCUT2D eigenvalue weighted by Crippen LogP contribution is -2.45. The van der Waals surface area contributed by atoms with Gasteiger partial charge >= 0.3 is 0 Å². The van der Waals surface area contributed by atoms with Gasteiger partial charge in [0.2, 0.25) is 5.91 Å². The van der Waals surface area contributed by atoms with Gasteiger partial charge in [0, 0.05) is 19.1 Å². The van der Waals surface area contributed by atoms with Crippen molar-refractivity contribution in [3.63, 3.8) is 0 Å². The van der Waals surface area contributed by atoms with Gasteiger partial charge in [-0.15, -0.1) is 0 Å². The molecule has 2 N–H and O–H groups in total. The smallest absolute Gasteiger partial charge is 0.227 e. The Morgan fingerprint density at radius 3 is 2.40 bits per heavy atom. The lowest BCUT2D eigenvalue weighted by atomic mass is 9.83. The van der Waals surface area contributed by atoms with E-state index >= 15 is 0 Å². The van der Waals surface area contributed by atoms with E-state index in [9.17, 15) is 4.79 Å². The summed E-state index contributed by atoms with van der Waals surface area (Å²) in [4.78, 5) is 15.1. The molecule has 20 heavy (non-hydrogen) atoms. The molecule has 1 amide bonds. The molecule has 2 atom stereocenters. The lowest BCUT2D eigenvalue weighted by molar-refractivity contribution is -0.138. The zero-order valence-electron chi connectivity index (χ0n) is 13.5. The highest BCUT2D eigenvalue weighted by molar-refractivity contribution is 5.79. The van der Waals surface area contributed by atoms with Crippen LogP contribution in [0.15, 0.2) is 0 Å². The molecule has 2 rings (SSSR count). The number of rotatable bonds is 4. The van der Waals surface area contributed by atoms with Crippen LogP contribution in [0.5, 0.6) is 0 Å². The van der Waals surface area contributed by atoms with Crippen molar-refractivity contribution in [1.82, 2.24) is 4.90 Å². The summed E-state index contributed by atoms with van der Waals surface area (Å²) in [6, 6.07) is 0.513. The minimum atomic E-state index is 0.0111. The van der Waals surface area contributed by atoms with Crippen LogP contribution in [0.25, 0.3) is 0 Å². The summed E-state index contributed by atoms with van der Waals surface area (Å²) in [5.41, 5.74) is 6.07. The predicted molar refractivity (Wildman–Crippen MR) is 83.3 cm³/mol. The minimum Gasteiger partial charge on any atom is -0.339 e. The van der Waals surface area contributed by atoms with Gasteiger partial charge < -0.3 is 10.6 Å². The molecular weight excluding hydrogens is 248 g/mol. The van der Waals surface area contributed by atoms with Crippen LogP contribution in [-0.4, -0.2) is 29.9 Å². The Labute approximate surface area is 124 Å². The Balaban J connectivity index is 2.01. The van der Waals surface area contributed by atoms with Crippen molar-refractivity contribution >= 4 is 5.91 Å². The molecule has 0 bridgehead atoms. The van der Waals surface area contributed by atoms with Gasteiger partial charge in [0.1, 0.15) is 0 Å². The van der Waals surface area contributed by atoms with Crippen molar-refractivity contribution in [2.75, 3.05) is 13.1 Å². The third-order valence-electron chi connectivity index (χ3n) is 5.02. The summed E-state index contributed by atoms with van der Waals surface area (Å²) in [7, 11) is 0. The van der Waals surface area contributed by atoms with Crippen LogP contribution < -0.4 is 5.73 Å². The van der Waals surface area contributed by atoms with Crippen molar-refractivity contribution in [3.8, 4) is 0 Å². The fourth-order valence-electron chi connectivity index (χ4n) is 4.14. The largest absolute Gasteiger partial charge is 0.339 e. The Morgan fingerprint density at radius 1 is 1.20 bits per heavy atom. The van der Waals surface area contributed by atoms with Gasteiger partial charge in [0.15, 0.2) is 0 Å². The zero-order valence-corrected chi connectivity index (χ0v) is 13.5. The number of hydrogen-bond acceptors (Lipinski definition) is 2. The van der Waals surface area contributed by atoms with E-state index in [0.717, 1.165) is 18.9 Å². The van der Waals surface area contributed by atoms with Gasteiger partial charge in [-0.05, 0) is 43.4 Å². The molecule has 0 aromatic rings. The summed E-state index contributed by atoms with van der Waals surface area (Å²) in [5, 5.41) is 0. The molecule has 0 aromatic heterocycles. The maximum atomic E-state index is 12.9. The van der Waals surface area contributed by atoms with Crippen molar-refractivity contribution in [2.45, 2.75) is 71.8 Å². The molecule has 3 heteroatoms. The second-order valence-corrected chi connectivity index (χ2v) is 7.98. The topological polar surface area (TPSA) is 46.3 Å². The molecule has 0 aromatic carbocycles. The monoisotopic (exact) mass is 280 g/mol. The van der Waals surface area contributed by atoms with E-state index in [1.54, 1.807) is 0 Å². The summed E-state index contributed by atoms with van der Waals surface area (Å²) in [6.07, 6.45) is 8.64. The molecule has 1 aliphatic carbocycles. The van der Waals surface area contributed by atoms with Crippen molar-refractivity contribution in [1.29, 1.82) is 0 Å². The number of carbonyl (C=O) groups excluding carboxylic acids is 1. The summed E-state index contributed by atoms with van der Waals surface area (Å²) in [5.74, 6) is 1.10. The molecule has 0 spiro atoms. The number of likely N-dealkylation sites (tertiary alicyclic amines) is 1. The van der Waals surface area contributed by atoms with Gasteiger partial charge in [-0.2, -0.15) is 0 Å². The Bertz CT molecular complexity index is 328. The molecule has 3 nitrogen and oxygen atoms in total. The Morgan fingerprint density at radius 2 is 1.85 bits per heavy atom. The van der Waals surface area contributed by atoms with Crippen molar-refractivity contribution < 1.29 is 4.79 Å². The Hall–Kier alpha value is -0.570. The molecule has 2 aliphatic rings. The zero-order chi connectivity index (χ0) is 14.8. The second-order valence-electron chi connectivity index (χ2n) is 7.98. The van der Waals surface area contributed by atoms with Gasteiger partial charge in [-0.25, -0.2) is 0 Å². The van der Waals surface area contributed by atoms with Crippen molar-refractivity contribution in [3.05, 3.63) is 0 Å². The molecule has 0 radical (unpaired) electrons. The van der Waals surface area contributed by atoms with Crippen LogP contribution in [0.4, 0.5) is 0 Å². The summed E-state index contributed by atoms with van der Waals surface area (Å²) >= 11 is 0. The quantitative estimate of drug-likeness (QED) is 0.859. The molecule has 2 unspecified atom stereocenters. The van der Waals surface area contributed by atoms with E-state index in [1.807, 2.05) is 0 Å². The molecule has 1 saturated carbocycles. The van der Waals surface area contributed by atoms with Gasteiger partial charge in [0.05, 0.1) is 5.92 Å². The standard InChI is InChI=1S/C17H32N2O/c1-17(2,3)11-14(12-18)16(20)19-10-6-9-15(19)13-7-4-5-8-13/h13-15H,4-12,18H2,1-3H3. The highest BCUT2D eigenvalue weighted by Gasteiger charge is 2.38. The average Bonchev–Trinajstić information content (AvgIpc) is 3.03. The van der Waals surface area contributed by atoms with E-state index in [-0.39, 0.29) is 11.3 Å². The third-order valence-corrected chi connectivity index (χ3v) is 5.02. The SMILES string of the molecule is CC(C)(C)CC(CN)C(=O)N1CCCC1C1CCCC1. The first-order chi connectivity index (χ1) is 9.42. The van der Waals surface area contributed by atoms with E-state index < -0.39 is 0 Å².